The van der Waals surface area contributed by atoms with Crippen molar-refractivity contribution in [2.75, 3.05) is 20.3 Å². The van der Waals surface area contributed by atoms with Crippen LogP contribution in [0.2, 0.25) is 0 Å². The summed E-state index contributed by atoms with van der Waals surface area (Å²) in [5.74, 6) is -1.97. The molecule has 0 amide bonds. The van der Waals surface area contributed by atoms with Gasteiger partial charge in [0.2, 0.25) is 0 Å². The third-order valence-corrected chi connectivity index (χ3v) is 2.49. The summed E-state index contributed by atoms with van der Waals surface area (Å²) in [6.45, 7) is -1.61. The van der Waals surface area contributed by atoms with E-state index in [1.54, 1.807) is 0 Å². The Kier molecular flexibility index (Phi) is 5.68. The zero-order valence-corrected chi connectivity index (χ0v) is 10.2. The van der Waals surface area contributed by atoms with Crippen LogP contribution in [-0.4, -0.2) is 32.5 Å². The lowest BCUT2D eigenvalue weighted by molar-refractivity contribution is -0.175. The topological polar surface area (TPSA) is 21.3 Å². The van der Waals surface area contributed by atoms with E-state index in [0.717, 1.165) is 6.07 Å². The third-order valence-electron chi connectivity index (χ3n) is 2.49. The number of rotatable bonds is 6. The standard InChI is InChI=1S/C12H14F5NO/c1-18-9(6-19-7-12(15,16)17)5-8-3-2-4-10(13)11(8)14/h2-4,9,18H,5-7H2,1H3. The molecule has 0 bridgehead atoms. The van der Waals surface area contributed by atoms with Crippen LogP contribution in [-0.2, 0) is 11.2 Å². The van der Waals surface area contributed by atoms with Gasteiger partial charge in [-0.15, -0.1) is 0 Å². The molecular formula is C12H14F5NO. The third kappa shape index (κ3) is 5.52. The highest BCUT2D eigenvalue weighted by molar-refractivity contribution is 5.20. The summed E-state index contributed by atoms with van der Waals surface area (Å²) in [6.07, 6.45) is -4.36. The maximum absolute atomic E-state index is 13.4. The van der Waals surface area contributed by atoms with Gasteiger partial charge in [0.15, 0.2) is 11.6 Å². The number of ether oxygens (including phenoxy) is 1. The number of alkyl halides is 3. The largest absolute Gasteiger partial charge is 0.411 e. The van der Waals surface area contributed by atoms with Crippen LogP contribution in [0.4, 0.5) is 22.0 Å². The Hall–Kier alpha value is -1.21. The number of nitrogens with one attached hydrogen (secondary N) is 1. The van der Waals surface area contributed by atoms with E-state index < -0.39 is 30.5 Å². The second kappa shape index (κ2) is 6.81. The molecule has 7 heteroatoms. The molecule has 0 saturated carbocycles. The Morgan fingerprint density at radius 2 is 1.95 bits per heavy atom. The maximum atomic E-state index is 13.4. The smallest absolute Gasteiger partial charge is 0.370 e. The molecule has 0 spiro atoms. The summed E-state index contributed by atoms with van der Waals surface area (Å²) in [7, 11) is 1.51. The van der Waals surface area contributed by atoms with Crippen LogP contribution in [0, 0.1) is 11.6 Å². The average molecular weight is 283 g/mol. The molecule has 1 aromatic carbocycles. The fraction of sp³-hybridized carbons (Fsp3) is 0.500. The molecule has 0 aliphatic carbocycles. The van der Waals surface area contributed by atoms with Gasteiger partial charge in [-0.25, -0.2) is 8.78 Å². The van der Waals surface area contributed by atoms with Crippen molar-refractivity contribution in [2.24, 2.45) is 0 Å². The second-order valence-corrected chi connectivity index (χ2v) is 4.03. The lowest BCUT2D eigenvalue weighted by Crippen LogP contribution is -2.34. The molecule has 1 unspecified atom stereocenters. The van der Waals surface area contributed by atoms with E-state index in [4.69, 9.17) is 0 Å². The van der Waals surface area contributed by atoms with Gasteiger partial charge in [-0.3, -0.25) is 0 Å². The van der Waals surface area contributed by atoms with Crippen molar-refractivity contribution < 1.29 is 26.7 Å². The molecule has 1 N–H and O–H groups in total. The first-order valence-electron chi connectivity index (χ1n) is 5.58. The summed E-state index contributed by atoms with van der Waals surface area (Å²) < 4.78 is 66.5. The predicted molar refractivity (Wildman–Crippen MR) is 59.8 cm³/mol. The zero-order chi connectivity index (χ0) is 14.5. The number of benzene rings is 1. The minimum atomic E-state index is -4.40. The van der Waals surface area contributed by atoms with Crippen LogP contribution in [0.1, 0.15) is 5.56 Å². The molecule has 0 radical (unpaired) electrons. The highest BCUT2D eigenvalue weighted by Gasteiger charge is 2.28. The van der Waals surface area contributed by atoms with Crippen LogP contribution in [0.5, 0.6) is 0 Å². The van der Waals surface area contributed by atoms with Crippen LogP contribution < -0.4 is 5.32 Å². The van der Waals surface area contributed by atoms with Gasteiger partial charge in [0, 0.05) is 6.04 Å². The summed E-state index contributed by atoms with van der Waals surface area (Å²) in [6, 6.07) is 3.18. The molecule has 2 nitrogen and oxygen atoms in total. The number of hydrogen-bond donors (Lipinski definition) is 1. The molecular weight excluding hydrogens is 269 g/mol. The second-order valence-electron chi connectivity index (χ2n) is 4.03. The Labute approximate surface area is 107 Å². The number of halogens is 5. The van der Waals surface area contributed by atoms with Crippen LogP contribution in [0.3, 0.4) is 0 Å². The van der Waals surface area contributed by atoms with E-state index in [0.29, 0.717) is 0 Å². The molecule has 0 fully saturated rings. The van der Waals surface area contributed by atoms with E-state index in [-0.39, 0.29) is 18.6 Å². The van der Waals surface area contributed by atoms with Gasteiger partial charge < -0.3 is 10.1 Å². The maximum Gasteiger partial charge on any atom is 0.411 e. The molecule has 0 aromatic heterocycles. The van der Waals surface area contributed by atoms with Crippen molar-refractivity contribution in [3.05, 3.63) is 35.4 Å². The quantitative estimate of drug-likeness (QED) is 0.810. The minimum Gasteiger partial charge on any atom is -0.370 e. The summed E-state index contributed by atoms with van der Waals surface area (Å²) in [5.41, 5.74) is 0.0926. The lowest BCUT2D eigenvalue weighted by atomic mass is 10.1. The van der Waals surface area contributed by atoms with Crippen LogP contribution in [0.25, 0.3) is 0 Å². The molecule has 0 heterocycles. The van der Waals surface area contributed by atoms with Crippen molar-refractivity contribution in [1.82, 2.24) is 5.32 Å². The first-order chi connectivity index (χ1) is 8.83. The van der Waals surface area contributed by atoms with Crippen LogP contribution >= 0.6 is 0 Å². The Balaban J connectivity index is 2.55. The molecule has 19 heavy (non-hydrogen) atoms. The van der Waals surface area contributed by atoms with Gasteiger partial charge >= 0.3 is 6.18 Å². The minimum absolute atomic E-state index is 0.0396. The van der Waals surface area contributed by atoms with E-state index in [9.17, 15) is 22.0 Å². The fourth-order valence-corrected chi connectivity index (χ4v) is 1.53. The summed E-state index contributed by atoms with van der Waals surface area (Å²) in [5, 5.41) is 2.70. The van der Waals surface area contributed by atoms with Gasteiger partial charge in [0.25, 0.3) is 0 Å². The van der Waals surface area contributed by atoms with Gasteiger partial charge in [-0.05, 0) is 25.1 Å². The average Bonchev–Trinajstić information content (AvgIpc) is 2.32. The summed E-state index contributed by atoms with van der Waals surface area (Å²) in [4.78, 5) is 0. The number of hydrogen-bond acceptors (Lipinski definition) is 2. The van der Waals surface area contributed by atoms with Gasteiger partial charge in [0.1, 0.15) is 6.61 Å². The molecule has 1 atom stereocenters. The lowest BCUT2D eigenvalue weighted by Gasteiger charge is -2.17. The van der Waals surface area contributed by atoms with E-state index >= 15 is 0 Å². The zero-order valence-electron chi connectivity index (χ0n) is 10.2. The Morgan fingerprint density at radius 3 is 2.53 bits per heavy atom. The van der Waals surface area contributed by atoms with Crippen molar-refractivity contribution >= 4 is 0 Å². The van der Waals surface area contributed by atoms with E-state index in [2.05, 4.69) is 10.1 Å². The Bertz CT molecular complexity index is 408. The van der Waals surface area contributed by atoms with Crippen molar-refractivity contribution in [2.45, 2.75) is 18.6 Å². The summed E-state index contributed by atoms with van der Waals surface area (Å²) >= 11 is 0. The van der Waals surface area contributed by atoms with Crippen molar-refractivity contribution in [3.8, 4) is 0 Å². The van der Waals surface area contributed by atoms with Crippen LogP contribution in [0.15, 0.2) is 18.2 Å². The monoisotopic (exact) mass is 283 g/mol. The van der Waals surface area contributed by atoms with Gasteiger partial charge in [-0.1, -0.05) is 12.1 Å². The first kappa shape index (κ1) is 15.8. The highest BCUT2D eigenvalue weighted by atomic mass is 19.4. The fourth-order valence-electron chi connectivity index (χ4n) is 1.53. The van der Waals surface area contributed by atoms with E-state index in [1.807, 2.05) is 0 Å². The number of likely N-dealkylation sites (N-methyl/N-ethyl adjacent to an activating group) is 1. The Morgan fingerprint density at radius 1 is 1.26 bits per heavy atom. The molecule has 1 aromatic rings. The highest BCUT2D eigenvalue weighted by Crippen LogP contribution is 2.16. The van der Waals surface area contributed by atoms with Gasteiger partial charge in [-0.2, -0.15) is 13.2 Å². The normalized spacial score (nSPS) is 13.6. The van der Waals surface area contributed by atoms with E-state index in [1.165, 1.54) is 19.2 Å². The van der Waals surface area contributed by atoms with Crippen molar-refractivity contribution in [3.63, 3.8) is 0 Å². The molecule has 0 aliphatic heterocycles. The van der Waals surface area contributed by atoms with Crippen molar-refractivity contribution in [1.29, 1.82) is 0 Å². The van der Waals surface area contributed by atoms with Gasteiger partial charge in [0.05, 0.1) is 6.61 Å². The predicted octanol–water partition coefficient (Wildman–Crippen LogP) is 2.67. The molecule has 0 saturated heterocycles. The first-order valence-corrected chi connectivity index (χ1v) is 5.58. The SMILES string of the molecule is CNC(COCC(F)(F)F)Cc1cccc(F)c1F. The molecule has 0 aliphatic rings. The molecule has 1 rings (SSSR count). The molecule has 108 valence electrons.